The van der Waals surface area contributed by atoms with Crippen LogP contribution in [0.25, 0.3) is 0 Å². The molecule has 0 aliphatic heterocycles. The van der Waals surface area contributed by atoms with Gasteiger partial charge in [-0.3, -0.25) is 4.79 Å². The number of hydrogen-bond donors (Lipinski definition) is 1. The summed E-state index contributed by atoms with van der Waals surface area (Å²) in [4.78, 5) is 12.8. The second-order valence-corrected chi connectivity index (χ2v) is 3.47. The minimum atomic E-state index is 0.243. The molecule has 84 valence electrons. The Kier molecular flexibility index (Phi) is 8.83. The molecule has 4 heteroatoms. The maximum absolute atomic E-state index is 10.7. The average molecular weight is 202 g/mol. The number of carbonyl (C=O) groups excluding carboxylic acids is 1. The predicted octanol–water partition coefficient (Wildman–Crippen LogP) is 0.133. The molecule has 0 saturated carbocycles. The van der Waals surface area contributed by atoms with E-state index in [4.69, 9.17) is 4.74 Å². The second kappa shape index (κ2) is 9.12. The number of hydrogen-bond acceptors (Lipinski definition) is 4. The number of carbonyl (C=O) groups is 1. The highest BCUT2D eigenvalue weighted by molar-refractivity contribution is 5.75. The number of ketones is 1. The fourth-order valence-electron chi connectivity index (χ4n) is 0.957. The fraction of sp³-hybridized carbons (Fsp3) is 0.900. The van der Waals surface area contributed by atoms with Crippen molar-refractivity contribution in [3.8, 4) is 0 Å². The highest BCUT2D eigenvalue weighted by Crippen LogP contribution is 1.88. The average Bonchev–Trinajstić information content (AvgIpc) is 2.14. The molecule has 0 aromatic carbocycles. The lowest BCUT2D eigenvalue weighted by Gasteiger charge is -2.15. The number of likely N-dealkylation sites (N-methyl/N-ethyl adjacent to an activating group) is 2. The van der Waals surface area contributed by atoms with Crippen LogP contribution in [-0.4, -0.2) is 57.6 Å². The van der Waals surface area contributed by atoms with Gasteiger partial charge in [-0.1, -0.05) is 0 Å². The zero-order valence-corrected chi connectivity index (χ0v) is 9.51. The normalized spacial score (nSPS) is 10.9. The van der Waals surface area contributed by atoms with Crippen molar-refractivity contribution in [2.24, 2.45) is 0 Å². The Labute approximate surface area is 86.6 Å². The van der Waals surface area contributed by atoms with Crippen LogP contribution in [0.15, 0.2) is 0 Å². The van der Waals surface area contributed by atoms with E-state index in [2.05, 4.69) is 10.2 Å². The molecule has 0 rings (SSSR count). The van der Waals surface area contributed by atoms with E-state index >= 15 is 0 Å². The molecule has 0 unspecified atom stereocenters. The summed E-state index contributed by atoms with van der Waals surface area (Å²) in [5.74, 6) is 0.243. The van der Waals surface area contributed by atoms with Gasteiger partial charge in [0.2, 0.25) is 0 Å². The largest absolute Gasteiger partial charge is 0.379 e. The van der Waals surface area contributed by atoms with Crippen molar-refractivity contribution in [3.05, 3.63) is 0 Å². The van der Waals surface area contributed by atoms with E-state index < -0.39 is 0 Å². The van der Waals surface area contributed by atoms with Gasteiger partial charge >= 0.3 is 0 Å². The molecule has 0 spiro atoms. The van der Waals surface area contributed by atoms with E-state index in [9.17, 15) is 4.79 Å². The van der Waals surface area contributed by atoms with E-state index in [-0.39, 0.29) is 5.78 Å². The molecule has 0 aliphatic carbocycles. The van der Waals surface area contributed by atoms with Gasteiger partial charge in [0.25, 0.3) is 0 Å². The smallest absolute Gasteiger partial charge is 0.131 e. The molecule has 0 fully saturated rings. The van der Waals surface area contributed by atoms with Gasteiger partial charge in [0.05, 0.1) is 13.2 Å². The highest BCUT2D eigenvalue weighted by Gasteiger charge is 1.99. The lowest BCUT2D eigenvalue weighted by Crippen LogP contribution is -2.26. The van der Waals surface area contributed by atoms with Gasteiger partial charge in [0.15, 0.2) is 0 Å². The quantitative estimate of drug-likeness (QED) is 0.540. The lowest BCUT2D eigenvalue weighted by atomic mass is 10.3. The second-order valence-electron chi connectivity index (χ2n) is 3.47. The molecule has 14 heavy (non-hydrogen) atoms. The van der Waals surface area contributed by atoms with Crippen LogP contribution in [0, 0.1) is 0 Å². The minimum Gasteiger partial charge on any atom is -0.379 e. The first-order valence-corrected chi connectivity index (χ1v) is 5.07. The number of ether oxygens (including phenoxy) is 1. The van der Waals surface area contributed by atoms with Gasteiger partial charge in [-0.2, -0.15) is 0 Å². The number of Topliss-reactive ketones (excluding diaryl/α,β-unsaturated/α-hetero) is 1. The zero-order valence-electron chi connectivity index (χ0n) is 9.51. The Morgan fingerprint density at radius 3 is 2.64 bits per heavy atom. The monoisotopic (exact) mass is 202 g/mol. The van der Waals surface area contributed by atoms with E-state index in [1.54, 1.807) is 6.92 Å². The third kappa shape index (κ3) is 9.64. The van der Waals surface area contributed by atoms with Crippen molar-refractivity contribution in [3.63, 3.8) is 0 Å². The molecule has 0 aromatic heterocycles. The summed E-state index contributed by atoms with van der Waals surface area (Å²) < 4.78 is 5.36. The Bertz CT molecular complexity index is 151. The third-order valence-electron chi connectivity index (χ3n) is 1.96. The number of nitrogens with zero attached hydrogens (tertiary/aromatic N) is 1. The van der Waals surface area contributed by atoms with Crippen LogP contribution in [0.2, 0.25) is 0 Å². The topological polar surface area (TPSA) is 41.6 Å². The maximum Gasteiger partial charge on any atom is 0.131 e. The molecular weight excluding hydrogens is 180 g/mol. The summed E-state index contributed by atoms with van der Waals surface area (Å²) in [6.45, 7) is 5.70. The van der Waals surface area contributed by atoms with Crippen molar-refractivity contribution >= 4 is 5.78 Å². The van der Waals surface area contributed by atoms with E-state index in [0.29, 0.717) is 6.42 Å². The first kappa shape index (κ1) is 13.5. The Balaban J connectivity index is 3.18. The first-order chi connectivity index (χ1) is 6.66. The highest BCUT2D eigenvalue weighted by atomic mass is 16.5. The van der Waals surface area contributed by atoms with E-state index in [1.165, 1.54) is 0 Å². The van der Waals surface area contributed by atoms with Gasteiger partial charge in [0.1, 0.15) is 5.78 Å². The van der Waals surface area contributed by atoms with Crippen LogP contribution in [0.4, 0.5) is 0 Å². The van der Waals surface area contributed by atoms with Crippen LogP contribution in [0.1, 0.15) is 13.3 Å². The van der Waals surface area contributed by atoms with Gasteiger partial charge in [-0.15, -0.1) is 0 Å². The summed E-state index contributed by atoms with van der Waals surface area (Å²) in [5, 5.41) is 3.01. The van der Waals surface area contributed by atoms with Crippen molar-refractivity contribution in [1.82, 2.24) is 10.2 Å². The summed E-state index contributed by atoms with van der Waals surface area (Å²) in [6, 6.07) is 0. The molecule has 4 nitrogen and oxygen atoms in total. The minimum absolute atomic E-state index is 0.243. The predicted molar refractivity (Wildman–Crippen MR) is 57.5 cm³/mol. The van der Waals surface area contributed by atoms with Crippen LogP contribution < -0.4 is 5.32 Å². The van der Waals surface area contributed by atoms with Gasteiger partial charge in [-0.25, -0.2) is 0 Å². The van der Waals surface area contributed by atoms with Gasteiger partial charge < -0.3 is 15.0 Å². The van der Waals surface area contributed by atoms with Crippen LogP contribution in [0.3, 0.4) is 0 Å². The third-order valence-corrected chi connectivity index (χ3v) is 1.96. The van der Waals surface area contributed by atoms with Crippen LogP contribution in [-0.2, 0) is 9.53 Å². The SMILES string of the molecule is CNCCOCCN(C)CCC(C)=O. The summed E-state index contributed by atoms with van der Waals surface area (Å²) in [6.07, 6.45) is 0.632. The summed E-state index contributed by atoms with van der Waals surface area (Å²) >= 11 is 0. The molecule has 0 heterocycles. The zero-order chi connectivity index (χ0) is 10.8. The van der Waals surface area contributed by atoms with Crippen LogP contribution >= 0.6 is 0 Å². The van der Waals surface area contributed by atoms with Gasteiger partial charge in [-0.05, 0) is 21.0 Å². The van der Waals surface area contributed by atoms with E-state index in [0.717, 1.165) is 32.8 Å². The molecule has 0 aliphatic rings. The first-order valence-electron chi connectivity index (χ1n) is 5.07. The number of rotatable bonds is 9. The molecule has 1 N–H and O–H groups in total. The fourth-order valence-corrected chi connectivity index (χ4v) is 0.957. The molecule has 0 atom stereocenters. The standard InChI is InChI=1S/C10H22N2O2/c1-10(13)4-6-12(3)7-9-14-8-5-11-2/h11H,4-9H2,1-3H3. The van der Waals surface area contributed by atoms with Crippen molar-refractivity contribution in [2.45, 2.75) is 13.3 Å². The van der Waals surface area contributed by atoms with Gasteiger partial charge in [0, 0.05) is 26.1 Å². The van der Waals surface area contributed by atoms with Crippen LogP contribution in [0.5, 0.6) is 0 Å². The van der Waals surface area contributed by atoms with Crippen molar-refractivity contribution < 1.29 is 9.53 Å². The Hall–Kier alpha value is -0.450. The molecule has 0 bridgehead atoms. The molecular formula is C10H22N2O2. The molecule has 0 saturated heterocycles. The summed E-state index contributed by atoms with van der Waals surface area (Å²) in [7, 11) is 3.91. The molecule has 0 radical (unpaired) electrons. The number of nitrogens with one attached hydrogen (secondary N) is 1. The summed E-state index contributed by atoms with van der Waals surface area (Å²) in [5.41, 5.74) is 0. The van der Waals surface area contributed by atoms with Crippen molar-refractivity contribution in [2.75, 3.05) is 46.9 Å². The van der Waals surface area contributed by atoms with Crippen molar-refractivity contribution in [1.29, 1.82) is 0 Å². The lowest BCUT2D eigenvalue weighted by molar-refractivity contribution is -0.117. The maximum atomic E-state index is 10.7. The Morgan fingerprint density at radius 2 is 2.07 bits per heavy atom. The molecule has 0 amide bonds. The van der Waals surface area contributed by atoms with E-state index in [1.807, 2.05) is 14.1 Å². The Morgan fingerprint density at radius 1 is 1.36 bits per heavy atom. The molecule has 0 aromatic rings.